The third-order valence-corrected chi connectivity index (χ3v) is 3.37. The van der Waals surface area contributed by atoms with Gasteiger partial charge in [0.25, 0.3) is 0 Å². The molecule has 2 heterocycles. The quantitative estimate of drug-likeness (QED) is 0.763. The summed E-state index contributed by atoms with van der Waals surface area (Å²) >= 11 is 0. The monoisotopic (exact) mass is 266 g/mol. The van der Waals surface area contributed by atoms with Crippen molar-refractivity contribution in [1.82, 2.24) is 15.0 Å². The first kappa shape index (κ1) is 12.8. The first-order valence-corrected chi connectivity index (χ1v) is 6.89. The maximum Gasteiger partial charge on any atom is 0.129 e. The number of aromatic amines is 1. The Hall–Kier alpha value is -2.20. The molecule has 102 valence electrons. The number of aromatic nitrogens is 3. The lowest BCUT2D eigenvalue weighted by molar-refractivity contribution is 0.777. The predicted octanol–water partition coefficient (Wildman–Crippen LogP) is 2.82. The van der Waals surface area contributed by atoms with E-state index in [-0.39, 0.29) is 0 Å². The van der Waals surface area contributed by atoms with E-state index in [1.165, 1.54) is 5.39 Å². The van der Waals surface area contributed by atoms with Gasteiger partial charge in [0.2, 0.25) is 0 Å². The Labute approximate surface area is 118 Å². The Morgan fingerprint density at radius 3 is 2.90 bits per heavy atom. The summed E-state index contributed by atoms with van der Waals surface area (Å²) in [5.74, 6) is 0.871. The molecule has 0 bridgehead atoms. The zero-order valence-corrected chi connectivity index (χ0v) is 11.6. The predicted molar refractivity (Wildman–Crippen MR) is 81.4 cm³/mol. The number of nitrogens with two attached hydrogens (primary N) is 1. The zero-order chi connectivity index (χ0) is 13.9. The van der Waals surface area contributed by atoms with Gasteiger partial charge in [0.1, 0.15) is 5.82 Å². The molecule has 0 fully saturated rings. The van der Waals surface area contributed by atoms with Crippen LogP contribution in [-0.2, 0) is 6.42 Å². The molecule has 4 nitrogen and oxygen atoms in total. The summed E-state index contributed by atoms with van der Waals surface area (Å²) in [4.78, 5) is 12.4. The summed E-state index contributed by atoms with van der Waals surface area (Å²) in [6.07, 6.45) is 3.75. The molecule has 2 aromatic heterocycles. The Morgan fingerprint density at radius 1 is 1.20 bits per heavy atom. The Kier molecular flexibility index (Phi) is 3.48. The van der Waals surface area contributed by atoms with Crippen LogP contribution < -0.4 is 5.73 Å². The summed E-state index contributed by atoms with van der Waals surface area (Å²) < 4.78 is 0. The van der Waals surface area contributed by atoms with Crippen LogP contribution in [0.4, 0.5) is 0 Å². The minimum Gasteiger partial charge on any atom is -0.360 e. The second kappa shape index (κ2) is 5.43. The molecule has 0 aliphatic heterocycles. The van der Waals surface area contributed by atoms with Crippen LogP contribution in [0.2, 0.25) is 0 Å². The van der Waals surface area contributed by atoms with Gasteiger partial charge in [-0.2, -0.15) is 0 Å². The van der Waals surface area contributed by atoms with Gasteiger partial charge in [-0.1, -0.05) is 18.2 Å². The third-order valence-electron chi connectivity index (χ3n) is 3.37. The number of aryl methyl sites for hydroxylation is 2. The molecular weight excluding hydrogens is 248 g/mol. The number of nitrogens with one attached hydrogen (secondary N) is 1. The average Bonchev–Trinajstić information content (AvgIpc) is 2.88. The van der Waals surface area contributed by atoms with E-state index in [0.717, 1.165) is 41.1 Å². The third kappa shape index (κ3) is 2.42. The zero-order valence-electron chi connectivity index (χ0n) is 11.6. The van der Waals surface area contributed by atoms with Gasteiger partial charge >= 0.3 is 0 Å². The summed E-state index contributed by atoms with van der Waals surface area (Å²) in [6, 6.07) is 10.3. The number of rotatable bonds is 4. The summed E-state index contributed by atoms with van der Waals surface area (Å²) in [6.45, 7) is 2.67. The van der Waals surface area contributed by atoms with Gasteiger partial charge < -0.3 is 10.7 Å². The molecule has 0 saturated carbocycles. The molecule has 0 unspecified atom stereocenters. The van der Waals surface area contributed by atoms with E-state index >= 15 is 0 Å². The second-order valence-corrected chi connectivity index (χ2v) is 4.95. The number of fused-ring (bicyclic) bond motifs is 1. The molecule has 0 amide bonds. The van der Waals surface area contributed by atoms with E-state index in [2.05, 4.69) is 27.1 Å². The fourth-order valence-electron chi connectivity index (χ4n) is 2.42. The molecule has 0 aliphatic rings. The first-order chi connectivity index (χ1) is 9.78. The largest absolute Gasteiger partial charge is 0.360 e. The van der Waals surface area contributed by atoms with Crippen molar-refractivity contribution in [1.29, 1.82) is 0 Å². The molecule has 3 rings (SSSR count). The standard InChI is InChI=1S/C16H18N4/c1-11-9-15(20-16(19-11)7-4-8-17)13-10-18-14-6-3-2-5-12(13)14/h2-3,5-6,9-10,18H,4,7-8,17H2,1H3. The number of nitrogens with zero attached hydrogens (tertiary/aromatic N) is 2. The molecule has 0 spiro atoms. The lowest BCUT2D eigenvalue weighted by Gasteiger charge is -2.05. The van der Waals surface area contributed by atoms with Crippen LogP contribution in [0, 0.1) is 6.92 Å². The van der Waals surface area contributed by atoms with Gasteiger partial charge in [0.15, 0.2) is 0 Å². The fraction of sp³-hybridized carbons (Fsp3) is 0.250. The number of H-pyrrole nitrogens is 1. The highest BCUT2D eigenvalue weighted by molar-refractivity contribution is 5.94. The average molecular weight is 266 g/mol. The maximum absolute atomic E-state index is 5.56. The van der Waals surface area contributed by atoms with Crippen LogP contribution in [0.5, 0.6) is 0 Å². The van der Waals surface area contributed by atoms with E-state index in [0.29, 0.717) is 6.54 Å². The molecule has 4 heteroatoms. The minimum atomic E-state index is 0.666. The fourth-order valence-corrected chi connectivity index (χ4v) is 2.42. The highest BCUT2D eigenvalue weighted by Crippen LogP contribution is 2.27. The highest BCUT2D eigenvalue weighted by atomic mass is 14.9. The molecule has 1 aromatic carbocycles. The molecule has 0 atom stereocenters. The SMILES string of the molecule is Cc1cc(-c2c[nH]c3ccccc23)nc(CCCN)n1. The topological polar surface area (TPSA) is 67.6 Å². The number of para-hydroxylation sites is 1. The molecule has 0 aliphatic carbocycles. The van der Waals surface area contributed by atoms with Gasteiger partial charge in [-0.3, -0.25) is 0 Å². The number of hydrogen-bond acceptors (Lipinski definition) is 3. The molecule has 3 aromatic rings. The van der Waals surface area contributed by atoms with E-state index < -0.39 is 0 Å². The lowest BCUT2D eigenvalue weighted by Crippen LogP contribution is -2.04. The van der Waals surface area contributed by atoms with Crippen LogP contribution in [0.25, 0.3) is 22.2 Å². The first-order valence-electron chi connectivity index (χ1n) is 6.89. The van der Waals surface area contributed by atoms with Crippen LogP contribution in [0.15, 0.2) is 36.5 Å². The van der Waals surface area contributed by atoms with Gasteiger partial charge in [-0.15, -0.1) is 0 Å². The number of benzene rings is 1. The second-order valence-electron chi connectivity index (χ2n) is 4.95. The highest BCUT2D eigenvalue weighted by Gasteiger charge is 2.09. The van der Waals surface area contributed by atoms with Crippen molar-refractivity contribution >= 4 is 10.9 Å². The minimum absolute atomic E-state index is 0.666. The Bertz CT molecular complexity index is 730. The normalized spacial score (nSPS) is 11.1. The van der Waals surface area contributed by atoms with Crippen LogP contribution in [0.3, 0.4) is 0 Å². The van der Waals surface area contributed by atoms with Crippen molar-refractivity contribution in [2.75, 3.05) is 6.54 Å². The van der Waals surface area contributed by atoms with E-state index in [1.54, 1.807) is 0 Å². The van der Waals surface area contributed by atoms with Gasteiger partial charge in [-0.25, -0.2) is 9.97 Å². The lowest BCUT2D eigenvalue weighted by atomic mass is 10.1. The van der Waals surface area contributed by atoms with Crippen molar-refractivity contribution in [2.45, 2.75) is 19.8 Å². The molecule has 0 saturated heterocycles. The Morgan fingerprint density at radius 2 is 2.05 bits per heavy atom. The number of hydrogen-bond donors (Lipinski definition) is 2. The molecular formula is C16H18N4. The summed E-state index contributed by atoms with van der Waals surface area (Å²) in [5.41, 5.74) is 9.78. The van der Waals surface area contributed by atoms with Crippen molar-refractivity contribution < 1.29 is 0 Å². The van der Waals surface area contributed by atoms with Crippen LogP contribution in [0.1, 0.15) is 17.9 Å². The van der Waals surface area contributed by atoms with Crippen LogP contribution >= 0.6 is 0 Å². The van der Waals surface area contributed by atoms with Crippen molar-refractivity contribution in [2.24, 2.45) is 5.73 Å². The van der Waals surface area contributed by atoms with Crippen LogP contribution in [-0.4, -0.2) is 21.5 Å². The van der Waals surface area contributed by atoms with Crippen molar-refractivity contribution in [3.05, 3.63) is 48.0 Å². The summed E-state index contributed by atoms with van der Waals surface area (Å²) in [7, 11) is 0. The van der Waals surface area contributed by atoms with E-state index in [4.69, 9.17) is 5.73 Å². The van der Waals surface area contributed by atoms with E-state index in [1.807, 2.05) is 31.3 Å². The van der Waals surface area contributed by atoms with Crippen molar-refractivity contribution in [3.63, 3.8) is 0 Å². The summed E-state index contributed by atoms with van der Waals surface area (Å²) in [5, 5.41) is 1.19. The molecule has 3 N–H and O–H groups in total. The van der Waals surface area contributed by atoms with Crippen molar-refractivity contribution in [3.8, 4) is 11.3 Å². The molecule has 20 heavy (non-hydrogen) atoms. The maximum atomic E-state index is 5.56. The van der Waals surface area contributed by atoms with Gasteiger partial charge in [0, 0.05) is 34.8 Å². The molecule has 0 radical (unpaired) electrons. The van der Waals surface area contributed by atoms with Gasteiger partial charge in [-0.05, 0) is 32.0 Å². The van der Waals surface area contributed by atoms with Gasteiger partial charge in [0.05, 0.1) is 5.69 Å². The smallest absolute Gasteiger partial charge is 0.129 e. The Balaban J connectivity index is 2.07. The van der Waals surface area contributed by atoms with E-state index in [9.17, 15) is 0 Å².